The number of rotatable bonds is 7. The first kappa shape index (κ1) is 21.1. The Hall–Kier alpha value is -2.66. The maximum Gasteiger partial charge on any atom is 0.243 e. The molecule has 3 rings (SSSR count). The van der Waals surface area contributed by atoms with Crippen molar-refractivity contribution >= 4 is 11.8 Å². The van der Waals surface area contributed by atoms with Crippen molar-refractivity contribution in [2.75, 3.05) is 0 Å². The van der Waals surface area contributed by atoms with E-state index in [1.165, 1.54) is 11.1 Å². The van der Waals surface area contributed by atoms with E-state index in [0.717, 1.165) is 12.0 Å². The summed E-state index contributed by atoms with van der Waals surface area (Å²) in [5, 5.41) is 9.37. The first-order valence-electron chi connectivity index (χ1n) is 10.5. The summed E-state index contributed by atoms with van der Waals surface area (Å²) in [6.07, 6.45) is 1.44. The van der Waals surface area contributed by atoms with Gasteiger partial charge < -0.3 is 16.0 Å². The number of nitrogens with one attached hydrogen (secondary N) is 3. The SMILES string of the molecule is CC[C@H](C)[C@@H](NC(=O)[C@@H]1Cc2ccccc2CN1)C(=O)N[C@@H](C)c1ccccc1. The molecule has 0 saturated heterocycles. The van der Waals surface area contributed by atoms with Crippen LogP contribution < -0.4 is 16.0 Å². The van der Waals surface area contributed by atoms with Crippen LogP contribution in [0.15, 0.2) is 54.6 Å². The van der Waals surface area contributed by atoms with Crippen LogP contribution in [0.3, 0.4) is 0 Å². The molecule has 2 aromatic rings. The van der Waals surface area contributed by atoms with Crippen molar-refractivity contribution in [1.82, 2.24) is 16.0 Å². The number of amides is 2. The second kappa shape index (κ2) is 9.70. The molecular formula is C24H31N3O2. The second-order valence-electron chi connectivity index (χ2n) is 7.92. The molecule has 5 nitrogen and oxygen atoms in total. The van der Waals surface area contributed by atoms with E-state index in [9.17, 15) is 9.59 Å². The summed E-state index contributed by atoms with van der Waals surface area (Å²) in [6, 6.07) is 17.0. The van der Waals surface area contributed by atoms with E-state index in [1.807, 2.05) is 63.2 Å². The van der Waals surface area contributed by atoms with Crippen LogP contribution in [0.25, 0.3) is 0 Å². The summed E-state index contributed by atoms with van der Waals surface area (Å²) in [5.74, 6) is -0.217. The van der Waals surface area contributed by atoms with Crippen LogP contribution in [0, 0.1) is 5.92 Å². The van der Waals surface area contributed by atoms with E-state index in [4.69, 9.17) is 0 Å². The van der Waals surface area contributed by atoms with Gasteiger partial charge >= 0.3 is 0 Å². The van der Waals surface area contributed by atoms with Gasteiger partial charge in [0.25, 0.3) is 0 Å². The summed E-state index contributed by atoms with van der Waals surface area (Å²) in [6.45, 7) is 6.66. The van der Waals surface area contributed by atoms with Gasteiger partial charge in [0.15, 0.2) is 0 Å². The minimum absolute atomic E-state index is 0.0396. The molecule has 2 amide bonds. The Morgan fingerprint density at radius 1 is 1.00 bits per heavy atom. The molecule has 29 heavy (non-hydrogen) atoms. The fraction of sp³-hybridized carbons (Fsp3) is 0.417. The Kier molecular flexibility index (Phi) is 7.04. The van der Waals surface area contributed by atoms with E-state index in [1.54, 1.807) is 0 Å². The molecule has 1 aliphatic heterocycles. The lowest BCUT2D eigenvalue weighted by atomic mass is 9.94. The summed E-state index contributed by atoms with van der Waals surface area (Å²) >= 11 is 0. The van der Waals surface area contributed by atoms with Crippen LogP contribution in [-0.4, -0.2) is 23.9 Å². The highest BCUT2D eigenvalue weighted by Gasteiger charge is 2.31. The molecule has 0 spiro atoms. The van der Waals surface area contributed by atoms with Crippen LogP contribution in [0.1, 0.15) is 49.9 Å². The minimum atomic E-state index is -0.558. The van der Waals surface area contributed by atoms with Gasteiger partial charge in [-0.3, -0.25) is 9.59 Å². The quantitative estimate of drug-likeness (QED) is 0.677. The van der Waals surface area contributed by atoms with Gasteiger partial charge in [-0.2, -0.15) is 0 Å². The largest absolute Gasteiger partial charge is 0.348 e. The third-order valence-electron chi connectivity index (χ3n) is 5.85. The minimum Gasteiger partial charge on any atom is -0.348 e. The van der Waals surface area contributed by atoms with Gasteiger partial charge in [0.1, 0.15) is 6.04 Å². The number of hydrogen-bond donors (Lipinski definition) is 3. The molecule has 2 aromatic carbocycles. The van der Waals surface area contributed by atoms with E-state index in [0.29, 0.717) is 13.0 Å². The van der Waals surface area contributed by atoms with E-state index >= 15 is 0 Å². The van der Waals surface area contributed by atoms with Crippen molar-refractivity contribution in [3.05, 3.63) is 71.3 Å². The molecule has 1 heterocycles. The standard InChI is InChI=1S/C24H31N3O2/c1-4-16(2)22(24(29)26-17(3)18-10-6-5-7-11-18)27-23(28)21-14-19-12-8-9-13-20(19)15-25-21/h5-13,16-17,21-22,25H,4,14-15H2,1-3H3,(H,26,29)(H,27,28)/t16-,17-,21-,22+/m0/s1. The molecule has 0 aromatic heterocycles. The first-order chi connectivity index (χ1) is 14.0. The Balaban J connectivity index is 1.66. The second-order valence-corrected chi connectivity index (χ2v) is 7.92. The van der Waals surface area contributed by atoms with Crippen LogP contribution in [0.2, 0.25) is 0 Å². The Bertz CT molecular complexity index is 837. The predicted octanol–water partition coefficient (Wildman–Crippen LogP) is 3.11. The third-order valence-corrected chi connectivity index (χ3v) is 5.85. The lowest BCUT2D eigenvalue weighted by molar-refractivity contribution is -0.131. The zero-order chi connectivity index (χ0) is 20.8. The summed E-state index contributed by atoms with van der Waals surface area (Å²) in [7, 11) is 0. The van der Waals surface area contributed by atoms with Crippen molar-refractivity contribution in [3.8, 4) is 0 Å². The smallest absolute Gasteiger partial charge is 0.243 e. The van der Waals surface area contributed by atoms with Gasteiger partial charge in [-0.25, -0.2) is 0 Å². The van der Waals surface area contributed by atoms with Crippen molar-refractivity contribution in [2.24, 2.45) is 5.92 Å². The van der Waals surface area contributed by atoms with Crippen molar-refractivity contribution in [1.29, 1.82) is 0 Å². The average molecular weight is 394 g/mol. The molecular weight excluding hydrogens is 362 g/mol. The van der Waals surface area contributed by atoms with E-state index in [-0.39, 0.29) is 29.8 Å². The molecule has 0 aliphatic carbocycles. The molecule has 1 aliphatic rings. The molecule has 0 bridgehead atoms. The number of fused-ring (bicyclic) bond motifs is 1. The van der Waals surface area contributed by atoms with Gasteiger partial charge in [-0.05, 0) is 36.0 Å². The highest BCUT2D eigenvalue weighted by molar-refractivity contribution is 5.90. The lowest BCUT2D eigenvalue weighted by Crippen LogP contribution is -2.56. The van der Waals surface area contributed by atoms with Gasteiger partial charge in [0.05, 0.1) is 12.1 Å². The molecule has 154 valence electrons. The zero-order valence-electron chi connectivity index (χ0n) is 17.4. The highest BCUT2D eigenvalue weighted by atomic mass is 16.2. The predicted molar refractivity (Wildman–Crippen MR) is 115 cm³/mol. The van der Waals surface area contributed by atoms with Crippen molar-refractivity contribution in [3.63, 3.8) is 0 Å². The summed E-state index contributed by atoms with van der Waals surface area (Å²) in [4.78, 5) is 25.9. The molecule has 0 unspecified atom stereocenters. The summed E-state index contributed by atoms with van der Waals surface area (Å²) < 4.78 is 0. The Morgan fingerprint density at radius 3 is 2.34 bits per heavy atom. The fourth-order valence-electron chi connectivity index (χ4n) is 3.72. The fourth-order valence-corrected chi connectivity index (χ4v) is 3.72. The molecule has 0 saturated carbocycles. The monoisotopic (exact) mass is 393 g/mol. The number of benzene rings is 2. The van der Waals surface area contributed by atoms with Gasteiger partial charge in [-0.1, -0.05) is 74.9 Å². The molecule has 0 fully saturated rings. The number of carbonyl (C=O) groups is 2. The topological polar surface area (TPSA) is 70.2 Å². The van der Waals surface area contributed by atoms with E-state index in [2.05, 4.69) is 28.1 Å². The average Bonchev–Trinajstić information content (AvgIpc) is 2.76. The van der Waals surface area contributed by atoms with Gasteiger partial charge in [0.2, 0.25) is 11.8 Å². The summed E-state index contributed by atoms with van der Waals surface area (Å²) in [5.41, 5.74) is 3.46. The highest BCUT2D eigenvalue weighted by Crippen LogP contribution is 2.18. The first-order valence-corrected chi connectivity index (χ1v) is 10.5. The van der Waals surface area contributed by atoms with Gasteiger partial charge in [0, 0.05) is 6.54 Å². The maximum atomic E-state index is 13.0. The zero-order valence-corrected chi connectivity index (χ0v) is 17.4. The lowest BCUT2D eigenvalue weighted by Gasteiger charge is -2.30. The van der Waals surface area contributed by atoms with Crippen molar-refractivity contribution in [2.45, 2.75) is 58.3 Å². The van der Waals surface area contributed by atoms with Crippen LogP contribution >= 0.6 is 0 Å². The van der Waals surface area contributed by atoms with Gasteiger partial charge in [-0.15, -0.1) is 0 Å². The Labute approximate surface area is 173 Å². The molecule has 3 N–H and O–H groups in total. The third kappa shape index (κ3) is 5.24. The van der Waals surface area contributed by atoms with Crippen LogP contribution in [-0.2, 0) is 22.6 Å². The number of carbonyl (C=O) groups excluding carboxylic acids is 2. The van der Waals surface area contributed by atoms with Crippen molar-refractivity contribution < 1.29 is 9.59 Å². The number of hydrogen-bond acceptors (Lipinski definition) is 3. The van der Waals surface area contributed by atoms with E-state index < -0.39 is 6.04 Å². The Morgan fingerprint density at radius 2 is 1.66 bits per heavy atom. The maximum absolute atomic E-state index is 13.0. The molecule has 0 radical (unpaired) electrons. The van der Waals surface area contributed by atoms with Crippen LogP contribution in [0.5, 0.6) is 0 Å². The molecule has 5 heteroatoms. The normalized spacial score (nSPS) is 18.8. The molecule has 4 atom stereocenters. The van der Waals surface area contributed by atoms with Crippen LogP contribution in [0.4, 0.5) is 0 Å².